The zero-order chi connectivity index (χ0) is 19.4. The van der Waals surface area contributed by atoms with Crippen LogP contribution in [0.1, 0.15) is 11.0 Å². The van der Waals surface area contributed by atoms with Crippen LogP contribution in [0.4, 0.5) is 11.9 Å². The third-order valence-electron chi connectivity index (χ3n) is 2.05. The number of hydrogen-bond donors (Lipinski definition) is 0. The van der Waals surface area contributed by atoms with Crippen molar-refractivity contribution in [2.45, 2.75) is 0 Å². The Labute approximate surface area is 117 Å². The van der Waals surface area contributed by atoms with Gasteiger partial charge in [-0.3, -0.25) is 0 Å². The predicted molar refractivity (Wildman–Crippen MR) is 68.5 cm³/mol. The smallest absolute Gasteiger partial charge is 0.225 e. The van der Waals surface area contributed by atoms with Gasteiger partial charge in [-0.15, -0.1) is 0 Å². The van der Waals surface area contributed by atoms with Crippen LogP contribution in [0.5, 0.6) is 0 Å². The molecule has 1 aliphatic rings. The van der Waals surface area contributed by atoms with Crippen molar-refractivity contribution in [1.29, 1.82) is 0 Å². The lowest BCUT2D eigenvalue weighted by molar-refractivity contribution is 0.628. The van der Waals surface area contributed by atoms with Crippen LogP contribution in [-0.4, -0.2) is 45.9 Å². The summed E-state index contributed by atoms with van der Waals surface area (Å²) in [5, 5.41) is 0. The highest BCUT2D eigenvalue weighted by molar-refractivity contribution is 5.36. The Kier molecular flexibility index (Phi) is 1.42. The normalized spacial score (nSPS) is 33.6. The summed E-state index contributed by atoms with van der Waals surface area (Å²) in [6.45, 7) is -12.3. The molecule has 92 valence electrons. The fraction of sp³-hybridized carbons (Fsp3) is 0.333. The summed E-state index contributed by atoms with van der Waals surface area (Å²) in [6, 6.07) is 2.85. The van der Waals surface area contributed by atoms with Crippen molar-refractivity contribution in [2.24, 2.45) is 0 Å². The second-order valence-electron chi connectivity index (χ2n) is 3.22. The van der Waals surface area contributed by atoms with Crippen molar-refractivity contribution in [2.75, 3.05) is 35.8 Å². The summed E-state index contributed by atoms with van der Waals surface area (Å²) in [7, 11) is 0. The van der Waals surface area contributed by atoms with Crippen molar-refractivity contribution in [3.05, 3.63) is 36.9 Å². The number of piperazine rings is 1. The van der Waals surface area contributed by atoms with E-state index in [1.165, 1.54) is 36.9 Å². The van der Waals surface area contributed by atoms with Gasteiger partial charge >= 0.3 is 0 Å². The maximum atomic E-state index is 8.27. The first-order valence-corrected chi connectivity index (χ1v) is 5.10. The number of aromatic nitrogens is 4. The fourth-order valence-electron chi connectivity index (χ4n) is 1.27. The van der Waals surface area contributed by atoms with Gasteiger partial charge in [-0.2, -0.15) is 0 Å². The summed E-state index contributed by atoms with van der Waals surface area (Å²) in [5.41, 5.74) is 0. The second-order valence-corrected chi connectivity index (χ2v) is 3.22. The lowest BCUT2D eigenvalue weighted by atomic mass is 10.3. The van der Waals surface area contributed by atoms with E-state index in [9.17, 15) is 0 Å². The average molecular weight is 250 g/mol. The first-order valence-electron chi connectivity index (χ1n) is 9.10. The van der Waals surface area contributed by atoms with Crippen molar-refractivity contribution < 1.29 is 11.0 Å². The number of anilines is 2. The summed E-state index contributed by atoms with van der Waals surface area (Å²) in [4.78, 5) is 15.7. The van der Waals surface area contributed by atoms with E-state index in [0.717, 1.165) is 0 Å². The van der Waals surface area contributed by atoms with Crippen LogP contribution in [0.15, 0.2) is 36.9 Å². The number of nitrogens with zero attached hydrogens (tertiary/aromatic N) is 6. The first kappa shape index (κ1) is 5.17. The van der Waals surface area contributed by atoms with Crippen molar-refractivity contribution in [1.82, 2.24) is 19.9 Å². The minimum Gasteiger partial charge on any atom is -0.337 e. The molecule has 0 N–H and O–H groups in total. The third-order valence-corrected chi connectivity index (χ3v) is 2.05. The van der Waals surface area contributed by atoms with E-state index in [0.29, 0.717) is 0 Å². The quantitative estimate of drug-likeness (QED) is 0.777. The Hall–Kier alpha value is -2.24. The molecule has 0 unspecified atom stereocenters. The van der Waals surface area contributed by atoms with Gasteiger partial charge in [-0.05, 0) is 12.1 Å². The Bertz CT molecular complexity index is 691. The molecule has 0 bridgehead atoms. The van der Waals surface area contributed by atoms with Crippen molar-refractivity contribution >= 4 is 11.9 Å². The lowest BCUT2D eigenvalue weighted by Crippen LogP contribution is -2.47. The zero-order valence-electron chi connectivity index (χ0n) is 17.1. The minimum absolute atomic E-state index is 0.277. The van der Waals surface area contributed by atoms with Crippen molar-refractivity contribution in [3.8, 4) is 0 Å². The van der Waals surface area contributed by atoms with Gasteiger partial charge in [0.25, 0.3) is 0 Å². The van der Waals surface area contributed by atoms with E-state index in [1.807, 2.05) is 0 Å². The Balaban J connectivity index is 2.26. The van der Waals surface area contributed by atoms with Gasteiger partial charge in [0.05, 0.1) is 11.0 Å². The maximum absolute atomic E-state index is 8.27. The molecule has 0 amide bonds. The number of hydrogen-bond acceptors (Lipinski definition) is 6. The van der Waals surface area contributed by atoms with Gasteiger partial charge in [0.2, 0.25) is 11.9 Å². The van der Waals surface area contributed by atoms with Crippen molar-refractivity contribution in [3.63, 3.8) is 0 Å². The molecular weight excluding hydrogens is 228 g/mol. The molecule has 3 rings (SSSR count). The predicted octanol–water partition coefficient (Wildman–Crippen LogP) is 0.593. The van der Waals surface area contributed by atoms with E-state index in [2.05, 4.69) is 19.9 Å². The summed E-state index contributed by atoms with van der Waals surface area (Å²) in [5.74, 6) is -0.965. The Morgan fingerprint density at radius 2 is 1.06 bits per heavy atom. The van der Waals surface area contributed by atoms with Crippen LogP contribution in [0, 0.1) is 0 Å². The standard InChI is InChI=1S/C12H14N6/c1-3-13-11(14-4-1)17-7-9-18(10-8-17)12-15-5-2-6-16-12/h1-6H,7-10H2/i7D2,8D2,9D2,10D2. The Morgan fingerprint density at radius 1 is 0.722 bits per heavy atom. The van der Waals surface area contributed by atoms with E-state index in [-0.39, 0.29) is 9.80 Å². The lowest BCUT2D eigenvalue weighted by Gasteiger charge is -2.34. The molecule has 6 heteroatoms. The van der Waals surface area contributed by atoms with Crippen LogP contribution in [0.25, 0.3) is 0 Å². The first-order chi connectivity index (χ1) is 12.0. The topological polar surface area (TPSA) is 58.0 Å². The van der Waals surface area contributed by atoms with Gasteiger partial charge in [0.15, 0.2) is 0 Å². The molecule has 0 aliphatic carbocycles. The molecule has 18 heavy (non-hydrogen) atoms. The molecule has 0 spiro atoms. The summed E-state index contributed by atoms with van der Waals surface area (Å²) in [6.07, 6.45) is 4.91. The molecule has 1 fully saturated rings. The highest BCUT2D eigenvalue weighted by Crippen LogP contribution is 2.13. The Morgan fingerprint density at radius 3 is 1.39 bits per heavy atom. The fourth-order valence-corrected chi connectivity index (χ4v) is 1.27. The third kappa shape index (κ3) is 2.22. The zero-order valence-corrected chi connectivity index (χ0v) is 9.15. The molecule has 0 saturated carbocycles. The van der Waals surface area contributed by atoms with Crippen LogP contribution in [-0.2, 0) is 0 Å². The van der Waals surface area contributed by atoms with Crippen LogP contribution >= 0.6 is 0 Å². The molecular formula is C12H14N6. The van der Waals surface area contributed by atoms with E-state index in [1.54, 1.807) is 0 Å². The van der Waals surface area contributed by atoms with Gasteiger partial charge in [0, 0.05) is 50.8 Å². The molecule has 0 atom stereocenters. The molecule has 0 radical (unpaired) electrons. The molecule has 0 aromatic carbocycles. The molecule has 1 aliphatic heterocycles. The maximum Gasteiger partial charge on any atom is 0.225 e. The largest absolute Gasteiger partial charge is 0.337 e. The van der Waals surface area contributed by atoms with Crippen LogP contribution in [0.3, 0.4) is 0 Å². The van der Waals surface area contributed by atoms with Crippen LogP contribution in [0.2, 0.25) is 0 Å². The average Bonchev–Trinajstić information content (AvgIpc) is 2.55. The van der Waals surface area contributed by atoms with Crippen LogP contribution < -0.4 is 9.80 Å². The SMILES string of the molecule is [2H]C1([2H])N(c2ncccn2)C([2H])([2H])C([2H])([2H])N(c2ncccn2)C1([2H])[2H]. The molecule has 2 aromatic rings. The van der Waals surface area contributed by atoms with Gasteiger partial charge < -0.3 is 9.80 Å². The van der Waals surface area contributed by atoms with Gasteiger partial charge in [0.1, 0.15) is 0 Å². The molecule has 2 aromatic heterocycles. The van der Waals surface area contributed by atoms with E-state index < -0.39 is 37.9 Å². The van der Waals surface area contributed by atoms with Gasteiger partial charge in [-0.25, -0.2) is 19.9 Å². The van der Waals surface area contributed by atoms with Gasteiger partial charge in [-0.1, -0.05) is 0 Å². The highest BCUT2D eigenvalue weighted by atomic mass is 15.3. The summed E-state index contributed by atoms with van der Waals surface area (Å²) < 4.78 is 66.2. The second kappa shape index (κ2) is 4.95. The van der Waals surface area contributed by atoms with E-state index in [4.69, 9.17) is 11.0 Å². The number of rotatable bonds is 2. The molecule has 6 nitrogen and oxygen atoms in total. The highest BCUT2D eigenvalue weighted by Gasteiger charge is 2.19. The summed E-state index contributed by atoms with van der Waals surface area (Å²) >= 11 is 0. The molecule has 1 saturated heterocycles. The monoisotopic (exact) mass is 250 g/mol. The van der Waals surface area contributed by atoms with E-state index >= 15 is 0 Å². The minimum atomic E-state index is -3.07. The molecule has 3 heterocycles.